The molecule has 0 unspecified atom stereocenters. The van der Waals surface area contributed by atoms with Crippen LogP contribution in [0.25, 0.3) is 5.65 Å². The zero-order valence-corrected chi connectivity index (χ0v) is 22.2. The van der Waals surface area contributed by atoms with Gasteiger partial charge in [-0.1, -0.05) is 30.3 Å². The van der Waals surface area contributed by atoms with E-state index in [4.69, 9.17) is 4.98 Å². The van der Waals surface area contributed by atoms with Crippen molar-refractivity contribution in [2.24, 2.45) is 0 Å². The third-order valence-corrected chi connectivity index (χ3v) is 7.07. The van der Waals surface area contributed by atoms with Crippen molar-refractivity contribution in [2.45, 2.75) is 19.9 Å². The molecule has 202 valence electrons. The Kier molecular flexibility index (Phi) is 7.21. The molecule has 1 atom stereocenters. The fraction of sp³-hybridized carbons (Fsp3) is 0.233. The van der Waals surface area contributed by atoms with Gasteiger partial charge in [0.15, 0.2) is 11.4 Å². The molecule has 1 saturated heterocycles. The lowest BCUT2D eigenvalue weighted by Crippen LogP contribution is -2.49. The number of benzene rings is 2. The monoisotopic (exact) mass is 536 g/mol. The van der Waals surface area contributed by atoms with Gasteiger partial charge in [0, 0.05) is 49.2 Å². The number of hydrogen-bond donors (Lipinski definition) is 2. The summed E-state index contributed by atoms with van der Waals surface area (Å²) in [5.41, 5.74) is 2.49. The van der Waals surface area contributed by atoms with Gasteiger partial charge in [0.1, 0.15) is 11.7 Å². The van der Waals surface area contributed by atoms with Gasteiger partial charge >= 0.3 is 5.97 Å². The third kappa shape index (κ3) is 4.97. The fourth-order valence-electron chi connectivity index (χ4n) is 5.03. The van der Waals surface area contributed by atoms with Crippen molar-refractivity contribution < 1.29 is 14.7 Å². The van der Waals surface area contributed by atoms with Crippen LogP contribution < -0.4 is 15.8 Å². The molecular weight excluding hydrogens is 508 g/mol. The van der Waals surface area contributed by atoms with E-state index < -0.39 is 17.6 Å². The third-order valence-electron chi connectivity index (χ3n) is 7.07. The van der Waals surface area contributed by atoms with E-state index in [0.29, 0.717) is 48.6 Å². The highest BCUT2D eigenvalue weighted by Gasteiger charge is 2.27. The van der Waals surface area contributed by atoms with E-state index >= 15 is 0 Å². The molecule has 0 spiro atoms. The smallest absolute Gasteiger partial charge is 0.337 e. The number of piperazine rings is 1. The lowest BCUT2D eigenvalue weighted by atomic mass is 10.1. The summed E-state index contributed by atoms with van der Waals surface area (Å²) in [6.07, 6.45) is 1.65. The molecule has 0 radical (unpaired) electrons. The van der Waals surface area contributed by atoms with Crippen molar-refractivity contribution in [2.75, 3.05) is 36.4 Å². The van der Waals surface area contributed by atoms with Crippen LogP contribution >= 0.6 is 0 Å². The van der Waals surface area contributed by atoms with Crippen LogP contribution in [-0.4, -0.2) is 57.4 Å². The molecule has 1 aliphatic rings. The SMILES string of the molecule is Cc1cc([C@@H](C)Nc2ccccc2C(=O)O)c2nc(N3CCN(C(=O)c4ccccc4)CC3)c(C#N)c(=O)n2c1. The summed E-state index contributed by atoms with van der Waals surface area (Å²) in [5.74, 6) is -0.835. The summed E-state index contributed by atoms with van der Waals surface area (Å²) in [4.78, 5) is 46.6. The highest BCUT2D eigenvalue weighted by molar-refractivity contribution is 5.95. The van der Waals surface area contributed by atoms with Crippen molar-refractivity contribution in [3.63, 3.8) is 0 Å². The van der Waals surface area contributed by atoms with Crippen LogP contribution in [-0.2, 0) is 0 Å². The number of carbonyl (C=O) groups is 2. The van der Waals surface area contributed by atoms with Crippen LogP contribution in [0.3, 0.4) is 0 Å². The average molecular weight is 537 g/mol. The summed E-state index contributed by atoms with van der Waals surface area (Å²) >= 11 is 0. The molecule has 0 aliphatic carbocycles. The van der Waals surface area contributed by atoms with Crippen molar-refractivity contribution in [3.05, 3.63) is 105 Å². The quantitative estimate of drug-likeness (QED) is 0.381. The molecule has 3 heterocycles. The summed E-state index contributed by atoms with van der Waals surface area (Å²) in [5, 5.41) is 22.8. The summed E-state index contributed by atoms with van der Waals surface area (Å²) in [7, 11) is 0. The number of nitrogens with one attached hydrogen (secondary N) is 1. The van der Waals surface area contributed by atoms with Crippen LogP contribution in [0.15, 0.2) is 71.7 Å². The largest absolute Gasteiger partial charge is 0.478 e. The number of carboxylic acids is 1. The maximum atomic E-state index is 13.5. The van der Waals surface area contributed by atoms with Gasteiger partial charge in [0.05, 0.1) is 11.6 Å². The number of para-hydroxylation sites is 1. The van der Waals surface area contributed by atoms with Crippen LogP contribution in [0.1, 0.15) is 50.4 Å². The lowest BCUT2D eigenvalue weighted by Gasteiger charge is -2.35. The second-order valence-corrected chi connectivity index (χ2v) is 9.76. The van der Waals surface area contributed by atoms with E-state index in [9.17, 15) is 24.8 Å². The van der Waals surface area contributed by atoms with E-state index in [1.807, 2.05) is 49.1 Å². The minimum absolute atomic E-state index is 0.0614. The highest BCUT2D eigenvalue weighted by Crippen LogP contribution is 2.27. The topological polar surface area (TPSA) is 131 Å². The number of carboxylic acid groups (broad SMARTS) is 1. The van der Waals surface area contributed by atoms with E-state index in [1.54, 1.807) is 41.4 Å². The molecule has 5 rings (SSSR count). The Morgan fingerprint density at radius 2 is 1.73 bits per heavy atom. The Balaban J connectivity index is 1.50. The van der Waals surface area contributed by atoms with Gasteiger partial charge in [-0.3, -0.25) is 14.0 Å². The first-order valence-electron chi connectivity index (χ1n) is 12.9. The molecule has 2 N–H and O–H groups in total. The first-order chi connectivity index (χ1) is 19.3. The number of anilines is 2. The van der Waals surface area contributed by atoms with Gasteiger partial charge in [-0.25, -0.2) is 9.78 Å². The normalized spacial score (nSPS) is 14.0. The molecular formula is C30H28N6O4. The Bertz CT molecular complexity index is 1700. The first kappa shape index (κ1) is 26.4. The molecule has 1 fully saturated rings. The molecule has 2 aromatic heterocycles. The molecule has 10 nitrogen and oxygen atoms in total. The molecule has 0 bridgehead atoms. The minimum Gasteiger partial charge on any atom is -0.478 e. The van der Waals surface area contributed by atoms with Gasteiger partial charge in [0.2, 0.25) is 0 Å². The number of aromatic nitrogens is 2. The van der Waals surface area contributed by atoms with E-state index in [1.165, 1.54) is 10.5 Å². The van der Waals surface area contributed by atoms with Crippen LogP contribution in [0, 0.1) is 18.3 Å². The van der Waals surface area contributed by atoms with E-state index in [2.05, 4.69) is 5.32 Å². The number of fused-ring (bicyclic) bond motifs is 1. The number of nitrogens with zero attached hydrogens (tertiary/aromatic N) is 5. The number of hydrogen-bond acceptors (Lipinski definition) is 7. The van der Waals surface area contributed by atoms with Crippen LogP contribution in [0.5, 0.6) is 0 Å². The highest BCUT2D eigenvalue weighted by atomic mass is 16.4. The number of pyridine rings is 1. The minimum atomic E-state index is -1.05. The zero-order valence-electron chi connectivity index (χ0n) is 22.2. The van der Waals surface area contributed by atoms with Crippen molar-refractivity contribution in [3.8, 4) is 6.07 Å². The van der Waals surface area contributed by atoms with Crippen LogP contribution in [0.4, 0.5) is 11.5 Å². The fourth-order valence-corrected chi connectivity index (χ4v) is 5.03. The molecule has 10 heteroatoms. The molecule has 0 saturated carbocycles. The summed E-state index contributed by atoms with van der Waals surface area (Å²) in [6, 6.07) is 19.2. The Hall–Kier alpha value is -5.17. The molecule has 1 amide bonds. The van der Waals surface area contributed by atoms with Crippen molar-refractivity contribution >= 4 is 29.0 Å². The van der Waals surface area contributed by atoms with Gasteiger partial charge in [-0.05, 0) is 49.7 Å². The van der Waals surface area contributed by atoms with Crippen molar-refractivity contribution in [1.82, 2.24) is 14.3 Å². The number of aryl methyl sites for hydroxylation is 1. The van der Waals surface area contributed by atoms with Crippen LogP contribution in [0.2, 0.25) is 0 Å². The van der Waals surface area contributed by atoms with Gasteiger partial charge in [-0.2, -0.15) is 5.26 Å². The standard InChI is InChI=1S/C30H28N6O4/c1-19-16-23(20(2)32-25-11-7-6-10-22(25)30(39)40)27-33-26(24(17-31)29(38)36(27)18-19)34-12-14-35(15-13-34)28(37)21-8-4-3-5-9-21/h3-11,16,18,20,32H,12-15H2,1-2H3,(H,39,40)/t20-/m1/s1. The van der Waals surface area contributed by atoms with E-state index in [0.717, 1.165) is 5.56 Å². The van der Waals surface area contributed by atoms with Gasteiger partial charge < -0.3 is 20.2 Å². The Morgan fingerprint density at radius 3 is 2.40 bits per heavy atom. The first-order valence-corrected chi connectivity index (χ1v) is 12.9. The number of carbonyl (C=O) groups excluding carboxylic acids is 1. The molecule has 4 aromatic rings. The number of amides is 1. The number of nitriles is 1. The van der Waals surface area contributed by atoms with Gasteiger partial charge in [0.25, 0.3) is 11.5 Å². The average Bonchev–Trinajstić information content (AvgIpc) is 2.97. The zero-order chi connectivity index (χ0) is 28.4. The summed E-state index contributed by atoms with van der Waals surface area (Å²) in [6.45, 7) is 5.38. The Labute approximate surface area is 230 Å². The number of rotatable bonds is 6. The second-order valence-electron chi connectivity index (χ2n) is 9.76. The Morgan fingerprint density at radius 1 is 1.05 bits per heavy atom. The van der Waals surface area contributed by atoms with E-state index in [-0.39, 0.29) is 22.9 Å². The number of aromatic carboxylic acids is 1. The predicted octanol–water partition coefficient (Wildman–Crippen LogP) is 3.71. The predicted molar refractivity (Wildman–Crippen MR) is 151 cm³/mol. The maximum Gasteiger partial charge on any atom is 0.337 e. The summed E-state index contributed by atoms with van der Waals surface area (Å²) < 4.78 is 1.38. The van der Waals surface area contributed by atoms with Crippen molar-refractivity contribution in [1.29, 1.82) is 5.26 Å². The molecule has 40 heavy (non-hydrogen) atoms. The maximum absolute atomic E-state index is 13.5. The lowest BCUT2D eigenvalue weighted by molar-refractivity contribution is 0.0696. The molecule has 2 aromatic carbocycles. The molecule has 1 aliphatic heterocycles. The second kappa shape index (κ2) is 10.9. The van der Waals surface area contributed by atoms with Gasteiger partial charge in [-0.15, -0.1) is 0 Å².